The summed E-state index contributed by atoms with van der Waals surface area (Å²) in [5, 5.41) is 7.03. The van der Waals surface area contributed by atoms with Crippen LogP contribution < -0.4 is 21.2 Å². The average molecular weight is 614 g/mol. The van der Waals surface area contributed by atoms with E-state index in [2.05, 4.69) is 22.2 Å². The van der Waals surface area contributed by atoms with Crippen molar-refractivity contribution < 1.29 is 13.6 Å². The molecule has 2 aliphatic rings. The van der Waals surface area contributed by atoms with Crippen molar-refractivity contribution in [2.75, 3.05) is 41.7 Å². The number of pyridine rings is 1. The van der Waals surface area contributed by atoms with Gasteiger partial charge in [0.2, 0.25) is 5.91 Å². The summed E-state index contributed by atoms with van der Waals surface area (Å²) in [5.41, 5.74) is 1.95. The van der Waals surface area contributed by atoms with Crippen molar-refractivity contribution in [2.24, 2.45) is 0 Å². The first-order valence-electron chi connectivity index (χ1n) is 15.3. The number of para-hydroxylation sites is 1. The molecule has 11 heteroatoms. The SMILES string of the molecule is C=CC(=O)N1C[C@H](C)N(c2nc(=O)n3c4nc(c(F)cc24)-c2c(F)cccc2NCCCNc2cccc(C(C)C)c2-3)C[C@H]1C. The van der Waals surface area contributed by atoms with Crippen LogP contribution in [-0.4, -0.2) is 63.6 Å². The molecule has 0 spiro atoms. The van der Waals surface area contributed by atoms with E-state index in [0.29, 0.717) is 55.0 Å². The topological polar surface area (TPSA) is 95.4 Å². The molecule has 2 aromatic carbocycles. The number of hydrogen-bond acceptors (Lipinski definition) is 7. The van der Waals surface area contributed by atoms with E-state index in [4.69, 9.17) is 4.98 Å². The Balaban J connectivity index is 1.69. The number of piperazine rings is 1. The van der Waals surface area contributed by atoms with Crippen molar-refractivity contribution in [1.29, 1.82) is 0 Å². The monoisotopic (exact) mass is 613 g/mol. The summed E-state index contributed by atoms with van der Waals surface area (Å²) in [5.74, 6) is -1.26. The van der Waals surface area contributed by atoms with Crippen LogP contribution in [0.15, 0.2) is 59.9 Å². The third-order valence-electron chi connectivity index (χ3n) is 8.66. The second-order valence-corrected chi connectivity index (χ2v) is 12.1. The Morgan fingerprint density at radius 1 is 1.00 bits per heavy atom. The molecule has 0 unspecified atom stereocenters. The van der Waals surface area contributed by atoms with Gasteiger partial charge in [-0.25, -0.2) is 23.1 Å². The second kappa shape index (κ2) is 11.9. The lowest BCUT2D eigenvalue weighted by molar-refractivity contribution is -0.128. The lowest BCUT2D eigenvalue weighted by atomic mass is 9.99. The van der Waals surface area contributed by atoms with Crippen molar-refractivity contribution in [1.82, 2.24) is 19.4 Å². The van der Waals surface area contributed by atoms with E-state index in [-0.39, 0.29) is 46.6 Å². The number of benzene rings is 2. The smallest absolute Gasteiger partial charge is 0.355 e. The number of hydrogen-bond donors (Lipinski definition) is 2. The fraction of sp³-hybridized carbons (Fsp3) is 0.353. The highest BCUT2D eigenvalue weighted by Crippen LogP contribution is 2.38. The standard InChI is InChI=1S/C34H37F2N7O2/c1-6-28(44)41-17-21(5)42(18-20(41)4)32-23-16-25(36)30-29-24(35)11-8-12-26(29)37-14-9-15-38-27-13-7-10-22(19(2)3)31(27)43(33(23)39-30)34(45)40-32/h6-8,10-13,16,19-21,37-38H,1,9,14-15,17-18H2,2-5H3/t20-,21+/m1/s1. The molecule has 0 saturated carbocycles. The van der Waals surface area contributed by atoms with Gasteiger partial charge in [-0.3, -0.25) is 4.79 Å². The van der Waals surface area contributed by atoms with Gasteiger partial charge < -0.3 is 20.4 Å². The van der Waals surface area contributed by atoms with Gasteiger partial charge in [-0.2, -0.15) is 4.98 Å². The van der Waals surface area contributed by atoms with Crippen LogP contribution in [0.2, 0.25) is 0 Å². The van der Waals surface area contributed by atoms with Crippen molar-refractivity contribution in [2.45, 2.75) is 52.1 Å². The van der Waals surface area contributed by atoms with E-state index < -0.39 is 17.3 Å². The lowest BCUT2D eigenvalue weighted by Crippen LogP contribution is -2.58. The highest BCUT2D eigenvalue weighted by Gasteiger charge is 2.34. The molecule has 2 N–H and O–H groups in total. The molecule has 4 aromatic rings. The lowest BCUT2D eigenvalue weighted by Gasteiger charge is -2.44. The van der Waals surface area contributed by atoms with E-state index in [9.17, 15) is 9.59 Å². The number of halogens is 2. The van der Waals surface area contributed by atoms with E-state index in [1.165, 1.54) is 22.8 Å². The summed E-state index contributed by atoms with van der Waals surface area (Å²) < 4.78 is 33.2. The van der Waals surface area contributed by atoms with Gasteiger partial charge in [0, 0.05) is 44.0 Å². The summed E-state index contributed by atoms with van der Waals surface area (Å²) in [6.07, 6.45) is 1.96. The Kier molecular flexibility index (Phi) is 8.03. The number of carbonyl (C=O) groups is 1. The maximum absolute atomic E-state index is 16.3. The predicted molar refractivity (Wildman–Crippen MR) is 174 cm³/mol. The molecule has 0 radical (unpaired) electrons. The van der Waals surface area contributed by atoms with Crippen LogP contribution >= 0.6 is 0 Å². The summed E-state index contributed by atoms with van der Waals surface area (Å²) >= 11 is 0. The summed E-state index contributed by atoms with van der Waals surface area (Å²) in [7, 11) is 0. The first-order chi connectivity index (χ1) is 21.6. The van der Waals surface area contributed by atoms with Gasteiger partial charge in [0.05, 0.1) is 22.3 Å². The summed E-state index contributed by atoms with van der Waals surface area (Å²) in [6, 6.07) is 11.1. The van der Waals surface area contributed by atoms with E-state index in [1.807, 2.05) is 50.8 Å². The quantitative estimate of drug-likeness (QED) is 0.287. The Bertz CT molecular complexity index is 1870. The highest BCUT2D eigenvalue weighted by molar-refractivity contribution is 5.93. The van der Waals surface area contributed by atoms with Crippen molar-refractivity contribution >= 4 is 34.1 Å². The zero-order valence-corrected chi connectivity index (χ0v) is 25.9. The number of nitrogens with zero attached hydrogens (tertiary/aromatic N) is 5. The minimum Gasteiger partial charge on any atom is -0.384 e. The number of fused-ring (bicyclic) bond motifs is 5. The number of rotatable bonds is 3. The van der Waals surface area contributed by atoms with Gasteiger partial charge in [-0.05, 0) is 62.1 Å². The van der Waals surface area contributed by atoms with Gasteiger partial charge in [-0.1, -0.05) is 38.6 Å². The van der Waals surface area contributed by atoms with E-state index in [0.717, 1.165) is 5.56 Å². The molecule has 45 heavy (non-hydrogen) atoms. The average Bonchev–Trinajstić information content (AvgIpc) is 3.02. The third kappa shape index (κ3) is 5.30. The first kappa shape index (κ1) is 30.2. The van der Waals surface area contributed by atoms with Crippen LogP contribution in [0.3, 0.4) is 0 Å². The normalized spacial score (nSPS) is 18.3. The van der Waals surface area contributed by atoms with Crippen molar-refractivity contribution in [3.8, 4) is 16.9 Å². The Labute approximate surface area is 260 Å². The van der Waals surface area contributed by atoms with Crippen molar-refractivity contribution in [3.05, 3.63) is 82.8 Å². The maximum atomic E-state index is 16.3. The first-order valence-corrected chi connectivity index (χ1v) is 15.3. The van der Waals surface area contributed by atoms with Crippen LogP contribution in [0.4, 0.5) is 26.0 Å². The van der Waals surface area contributed by atoms with Gasteiger partial charge in [-0.15, -0.1) is 0 Å². The number of anilines is 3. The molecule has 2 aliphatic heterocycles. The number of carbonyl (C=O) groups excluding carboxylic acids is 1. The minimum atomic E-state index is -0.740. The molecule has 2 bridgehead atoms. The molecule has 9 nitrogen and oxygen atoms in total. The van der Waals surface area contributed by atoms with Crippen LogP contribution in [0, 0.1) is 11.6 Å². The van der Waals surface area contributed by atoms with Crippen LogP contribution in [0.25, 0.3) is 28.0 Å². The zero-order valence-electron chi connectivity index (χ0n) is 25.9. The fourth-order valence-corrected chi connectivity index (χ4v) is 6.41. The fourth-order valence-electron chi connectivity index (χ4n) is 6.41. The molecule has 2 aromatic heterocycles. The molecule has 0 aliphatic carbocycles. The van der Waals surface area contributed by atoms with Gasteiger partial charge in [0.1, 0.15) is 17.3 Å². The van der Waals surface area contributed by atoms with Crippen molar-refractivity contribution in [3.63, 3.8) is 0 Å². The van der Waals surface area contributed by atoms with E-state index >= 15 is 8.78 Å². The summed E-state index contributed by atoms with van der Waals surface area (Å²) in [6.45, 7) is 13.3. The Morgan fingerprint density at radius 2 is 1.71 bits per heavy atom. The molecule has 2 atom stereocenters. The third-order valence-corrected chi connectivity index (χ3v) is 8.66. The van der Waals surface area contributed by atoms with Crippen LogP contribution in [0.1, 0.15) is 45.6 Å². The molecule has 6 rings (SSSR count). The van der Waals surface area contributed by atoms with Gasteiger partial charge in [0.15, 0.2) is 11.5 Å². The Morgan fingerprint density at radius 3 is 2.44 bits per heavy atom. The largest absolute Gasteiger partial charge is 0.384 e. The number of aromatic nitrogens is 3. The number of nitrogens with one attached hydrogen (secondary N) is 2. The van der Waals surface area contributed by atoms with Gasteiger partial charge >= 0.3 is 5.69 Å². The van der Waals surface area contributed by atoms with Crippen LogP contribution in [-0.2, 0) is 4.79 Å². The van der Waals surface area contributed by atoms with E-state index in [1.54, 1.807) is 17.0 Å². The molecule has 4 heterocycles. The molecule has 234 valence electrons. The predicted octanol–water partition coefficient (Wildman–Crippen LogP) is 5.69. The summed E-state index contributed by atoms with van der Waals surface area (Å²) in [4.78, 5) is 39.8. The number of amides is 1. The molecule has 1 saturated heterocycles. The molecule has 1 amide bonds. The zero-order chi connectivity index (χ0) is 32.0. The Hall–Kier alpha value is -4.80. The molecular formula is C34H37F2N7O2. The molecule has 1 fully saturated rings. The minimum absolute atomic E-state index is 0.00243. The second-order valence-electron chi connectivity index (χ2n) is 12.1. The highest BCUT2D eigenvalue weighted by atomic mass is 19.1. The maximum Gasteiger partial charge on any atom is 0.355 e. The van der Waals surface area contributed by atoms with Gasteiger partial charge in [0.25, 0.3) is 0 Å². The molecular weight excluding hydrogens is 576 g/mol. The van der Waals surface area contributed by atoms with Crippen LogP contribution in [0.5, 0.6) is 0 Å².